The molecular weight excluding hydrogens is 373 g/mol. The van der Waals surface area contributed by atoms with Crippen molar-refractivity contribution in [1.29, 1.82) is 0 Å². The van der Waals surface area contributed by atoms with E-state index >= 15 is 0 Å². The van der Waals surface area contributed by atoms with Gasteiger partial charge in [0, 0.05) is 28.6 Å². The van der Waals surface area contributed by atoms with E-state index in [1.54, 1.807) is 25.3 Å². The van der Waals surface area contributed by atoms with Crippen LogP contribution < -0.4 is 20.5 Å². The van der Waals surface area contributed by atoms with Crippen LogP contribution in [-0.2, 0) is 10.3 Å². The third kappa shape index (κ3) is 2.74. The number of amidine groups is 1. The molecule has 2 aliphatic heterocycles. The van der Waals surface area contributed by atoms with Gasteiger partial charge in [0.2, 0.25) is 0 Å². The molecule has 0 radical (unpaired) electrons. The van der Waals surface area contributed by atoms with Gasteiger partial charge >= 0.3 is 0 Å². The van der Waals surface area contributed by atoms with Crippen LogP contribution in [0.3, 0.4) is 0 Å². The monoisotopic (exact) mass is 391 g/mol. The smallest absolute Gasteiger partial charge is 0.283 e. The second-order valence-electron chi connectivity index (χ2n) is 6.89. The Labute approximate surface area is 166 Å². The molecule has 5 rings (SSSR count). The zero-order valence-corrected chi connectivity index (χ0v) is 15.6. The van der Waals surface area contributed by atoms with Gasteiger partial charge in [-0.3, -0.25) is 0 Å². The molecule has 1 atom stereocenters. The number of ether oxygens (including phenoxy) is 3. The maximum atomic E-state index is 14.5. The summed E-state index contributed by atoms with van der Waals surface area (Å²) in [6.07, 6.45) is 0. The fourth-order valence-corrected chi connectivity index (χ4v) is 3.79. The van der Waals surface area contributed by atoms with Crippen molar-refractivity contribution >= 4 is 17.4 Å². The van der Waals surface area contributed by atoms with Gasteiger partial charge in [-0.05, 0) is 36.4 Å². The Morgan fingerprint density at radius 1 is 1.07 bits per heavy atom. The van der Waals surface area contributed by atoms with Crippen molar-refractivity contribution in [2.24, 2.45) is 10.7 Å². The number of methoxy groups -OCH3 is 1. The molecule has 7 heteroatoms. The van der Waals surface area contributed by atoms with Crippen LogP contribution >= 0.6 is 0 Å². The van der Waals surface area contributed by atoms with Gasteiger partial charge in [0.05, 0.1) is 7.11 Å². The predicted molar refractivity (Wildman–Crippen MR) is 108 cm³/mol. The third-order valence-electron chi connectivity index (χ3n) is 5.14. The Morgan fingerprint density at radius 3 is 2.69 bits per heavy atom. The number of anilines is 2. The van der Waals surface area contributed by atoms with E-state index in [-0.39, 0.29) is 18.4 Å². The maximum absolute atomic E-state index is 14.5. The van der Waals surface area contributed by atoms with Crippen molar-refractivity contribution in [3.8, 4) is 17.2 Å². The van der Waals surface area contributed by atoms with Crippen LogP contribution in [0, 0.1) is 5.82 Å². The fraction of sp³-hybridized carbons (Fsp3) is 0.136. The Morgan fingerprint density at radius 2 is 1.90 bits per heavy atom. The van der Waals surface area contributed by atoms with Crippen LogP contribution in [0.4, 0.5) is 15.8 Å². The average molecular weight is 391 g/mol. The molecule has 0 aromatic heterocycles. The fourth-order valence-electron chi connectivity index (χ4n) is 3.79. The highest BCUT2D eigenvalue weighted by molar-refractivity contribution is 5.77. The van der Waals surface area contributed by atoms with E-state index < -0.39 is 11.4 Å². The number of nitrogens with two attached hydrogens (primary N) is 1. The molecule has 0 aliphatic carbocycles. The maximum Gasteiger partial charge on any atom is 0.283 e. The largest absolute Gasteiger partial charge is 0.497 e. The molecule has 146 valence electrons. The highest BCUT2D eigenvalue weighted by atomic mass is 19.1. The highest BCUT2D eigenvalue weighted by Crippen LogP contribution is 2.52. The van der Waals surface area contributed by atoms with Crippen LogP contribution in [0.1, 0.15) is 11.1 Å². The van der Waals surface area contributed by atoms with E-state index in [1.165, 1.54) is 6.07 Å². The van der Waals surface area contributed by atoms with Crippen molar-refractivity contribution in [1.82, 2.24) is 0 Å². The lowest BCUT2D eigenvalue weighted by atomic mass is 9.81. The van der Waals surface area contributed by atoms with Gasteiger partial charge < -0.3 is 25.3 Å². The summed E-state index contributed by atoms with van der Waals surface area (Å²) in [6.45, 7) is 0.175. The molecule has 6 nitrogen and oxygen atoms in total. The van der Waals surface area contributed by atoms with Crippen molar-refractivity contribution < 1.29 is 18.6 Å². The number of hydrogen-bond acceptors (Lipinski definition) is 6. The second kappa shape index (κ2) is 6.41. The molecule has 3 aromatic carbocycles. The number of fused-ring (bicyclic) bond motifs is 4. The number of aliphatic imine (C=N–C) groups is 1. The first-order chi connectivity index (χ1) is 14.1. The van der Waals surface area contributed by atoms with Crippen molar-refractivity contribution in [3.63, 3.8) is 0 Å². The van der Waals surface area contributed by atoms with Crippen molar-refractivity contribution in [2.75, 3.05) is 19.0 Å². The lowest BCUT2D eigenvalue weighted by Crippen LogP contribution is -2.31. The van der Waals surface area contributed by atoms with E-state index in [2.05, 4.69) is 10.3 Å². The number of halogens is 1. The molecule has 29 heavy (non-hydrogen) atoms. The van der Waals surface area contributed by atoms with Crippen molar-refractivity contribution in [2.45, 2.75) is 5.54 Å². The molecule has 0 fully saturated rings. The van der Waals surface area contributed by atoms with Crippen LogP contribution in [0.2, 0.25) is 0 Å². The number of nitrogens with one attached hydrogen (secondary N) is 1. The summed E-state index contributed by atoms with van der Waals surface area (Å²) in [5, 5.41) is 3.35. The minimum Gasteiger partial charge on any atom is -0.497 e. The van der Waals surface area contributed by atoms with E-state index in [4.69, 9.17) is 19.9 Å². The van der Waals surface area contributed by atoms with Gasteiger partial charge in [-0.1, -0.05) is 18.2 Å². The van der Waals surface area contributed by atoms with E-state index in [9.17, 15) is 4.39 Å². The molecule has 0 amide bonds. The molecular formula is C22H18FN3O3. The molecule has 1 unspecified atom stereocenters. The second-order valence-corrected chi connectivity index (χ2v) is 6.89. The SMILES string of the molecule is COc1cccc(Nc2ccc3c(c2)C2(COC(N)=N2)c2cccc(F)c2O3)c1. The summed E-state index contributed by atoms with van der Waals surface area (Å²) in [4.78, 5) is 4.56. The molecule has 0 saturated heterocycles. The number of nitrogens with zero attached hydrogens (tertiary/aromatic N) is 1. The zero-order chi connectivity index (χ0) is 20.0. The predicted octanol–water partition coefficient (Wildman–Crippen LogP) is 4.27. The number of benzene rings is 3. The Bertz CT molecular complexity index is 1150. The van der Waals surface area contributed by atoms with Crippen LogP contribution in [0.5, 0.6) is 17.2 Å². The van der Waals surface area contributed by atoms with Crippen LogP contribution in [-0.4, -0.2) is 19.7 Å². The standard InChI is InChI=1S/C22H18FN3O3/c1-27-15-5-2-4-13(10-15)25-14-8-9-19-17(11-14)22(12-28-21(24)26-22)16-6-3-7-18(23)20(16)29-19/h2-11,25H,12H2,1H3,(H2,24,26). The minimum absolute atomic E-state index is 0.0687. The van der Waals surface area contributed by atoms with Crippen LogP contribution in [0.15, 0.2) is 65.7 Å². The van der Waals surface area contributed by atoms with Gasteiger partial charge in [0.15, 0.2) is 17.1 Å². The lowest BCUT2D eigenvalue weighted by molar-refractivity contribution is 0.262. The molecule has 3 N–H and O–H groups in total. The molecule has 0 bridgehead atoms. The van der Waals surface area contributed by atoms with Gasteiger partial charge in [-0.25, -0.2) is 9.38 Å². The topological polar surface area (TPSA) is 78.1 Å². The quantitative estimate of drug-likeness (QED) is 0.697. The summed E-state index contributed by atoms with van der Waals surface area (Å²) in [5.41, 5.74) is 7.92. The average Bonchev–Trinajstić information content (AvgIpc) is 3.12. The van der Waals surface area contributed by atoms with Gasteiger partial charge in [0.1, 0.15) is 18.1 Å². The zero-order valence-electron chi connectivity index (χ0n) is 15.6. The summed E-state index contributed by atoms with van der Waals surface area (Å²) in [5.74, 6) is 0.960. The Balaban J connectivity index is 1.62. The molecule has 3 aromatic rings. The first-order valence-corrected chi connectivity index (χ1v) is 9.10. The Hall–Kier alpha value is -3.74. The third-order valence-corrected chi connectivity index (χ3v) is 5.14. The molecule has 0 saturated carbocycles. The number of para-hydroxylation sites is 1. The van der Waals surface area contributed by atoms with Crippen LogP contribution in [0.25, 0.3) is 0 Å². The molecule has 2 heterocycles. The molecule has 1 spiro atoms. The van der Waals surface area contributed by atoms with E-state index in [0.29, 0.717) is 11.3 Å². The minimum atomic E-state index is -0.957. The number of hydrogen-bond donors (Lipinski definition) is 2. The summed E-state index contributed by atoms with van der Waals surface area (Å²) in [7, 11) is 1.62. The van der Waals surface area contributed by atoms with E-state index in [0.717, 1.165) is 22.7 Å². The summed E-state index contributed by atoms with van der Waals surface area (Å²) >= 11 is 0. The first kappa shape index (κ1) is 17.4. The lowest BCUT2D eigenvalue weighted by Gasteiger charge is -2.33. The normalized spacial score (nSPS) is 18.9. The summed E-state index contributed by atoms with van der Waals surface area (Å²) in [6, 6.07) is 18.0. The van der Waals surface area contributed by atoms with Gasteiger partial charge in [-0.2, -0.15) is 0 Å². The first-order valence-electron chi connectivity index (χ1n) is 9.10. The van der Waals surface area contributed by atoms with E-state index in [1.807, 2.05) is 36.4 Å². The van der Waals surface area contributed by atoms with Crippen molar-refractivity contribution in [3.05, 3.63) is 77.6 Å². The summed E-state index contributed by atoms with van der Waals surface area (Å²) < 4.78 is 31.1. The van der Waals surface area contributed by atoms with Gasteiger partial charge in [-0.15, -0.1) is 0 Å². The number of rotatable bonds is 3. The van der Waals surface area contributed by atoms with Gasteiger partial charge in [0.25, 0.3) is 6.02 Å². The Kier molecular flexibility index (Phi) is 3.84. The highest BCUT2D eigenvalue weighted by Gasteiger charge is 2.47. The molecule has 2 aliphatic rings.